The molecule has 1 aliphatic carbocycles. The zero-order valence-corrected chi connectivity index (χ0v) is 8.69. The summed E-state index contributed by atoms with van der Waals surface area (Å²) in [4.78, 5) is 21.2. The van der Waals surface area contributed by atoms with E-state index in [9.17, 15) is 9.59 Å². The zero-order chi connectivity index (χ0) is 12.3. The molecule has 2 unspecified atom stereocenters. The number of rotatable bonds is 4. The molecule has 1 fully saturated rings. The number of carboxylic acid groups (broad SMARTS) is 2. The second-order valence-corrected chi connectivity index (χ2v) is 4.00. The van der Waals surface area contributed by atoms with Gasteiger partial charge < -0.3 is 10.2 Å². The van der Waals surface area contributed by atoms with Crippen LogP contribution in [0.3, 0.4) is 0 Å². The first-order chi connectivity index (χ1) is 7.43. The standard InChI is InChI=1S/C10H14N2O4/c11-7(9(13)14)5-2-1-3-6(4-5)8(12)10(15)16/h5-6,11-12H,1-4H2,(H,13,14)(H,15,16). The molecule has 1 aliphatic rings. The highest BCUT2D eigenvalue weighted by molar-refractivity contribution is 6.36. The van der Waals surface area contributed by atoms with Crippen LogP contribution in [0, 0.1) is 22.7 Å². The molecule has 0 amide bonds. The second kappa shape index (κ2) is 4.87. The number of hydrogen-bond acceptors (Lipinski definition) is 4. The van der Waals surface area contributed by atoms with Gasteiger partial charge in [0.15, 0.2) is 0 Å². The van der Waals surface area contributed by atoms with Gasteiger partial charge in [-0.25, -0.2) is 9.59 Å². The van der Waals surface area contributed by atoms with Gasteiger partial charge in [-0.15, -0.1) is 0 Å². The van der Waals surface area contributed by atoms with Crippen LogP contribution in [-0.2, 0) is 9.59 Å². The number of nitrogens with one attached hydrogen (secondary N) is 2. The molecule has 0 aromatic rings. The van der Waals surface area contributed by atoms with E-state index in [4.69, 9.17) is 21.0 Å². The van der Waals surface area contributed by atoms with Crippen LogP contribution >= 0.6 is 0 Å². The lowest BCUT2D eigenvalue weighted by Crippen LogP contribution is -2.33. The van der Waals surface area contributed by atoms with E-state index in [-0.39, 0.29) is 17.8 Å². The first-order valence-corrected chi connectivity index (χ1v) is 5.07. The summed E-state index contributed by atoms with van der Waals surface area (Å²) in [7, 11) is 0. The molecule has 0 aromatic carbocycles. The van der Waals surface area contributed by atoms with Crippen molar-refractivity contribution in [2.45, 2.75) is 25.7 Å². The largest absolute Gasteiger partial charge is 0.477 e. The number of hydrogen-bond donors (Lipinski definition) is 4. The lowest BCUT2D eigenvalue weighted by molar-refractivity contribution is -0.130. The van der Waals surface area contributed by atoms with Gasteiger partial charge >= 0.3 is 11.9 Å². The fourth-order valence-corrected chi connectivity index (χ4v) is 2.06. The fourth-order valence-electron chi connectivity index (χ4n) is 2.06. The van der Waals surface area contributed by atoms with Gasteiger partial charge in [-0.2, -0.15) is 0 Å². The molecule has 0 radical (unpaired) electrons. The number of carbonyl (C=O) groups is 2. The third kappa shape index (κ3) is 2.65. The molecule has 0 spiro atoms. The quantitative estimate of drug-likeness (QED) is 0.534. The van der Waals surface area contributed by atoms with Gasteiger partial charge in [0, 0.05) is 11.8 Å². The second-order valence-electron chi connectivity index (χ2n) is 4.00. The van der Waals surface area contributed by atoms with Crippen LogP contribution in [0.15, 0.2) is 0 Å². The van der Waals surface area contributed by atoms with Crippen molar-refractivity contribution in [2.75, 3.05) is 0 Å². The molecule has 0 saturated heterocycles. The molecule has 4 N–H and O–H groups in total. The van der Waals surface area contributed by atoms with Crippen LogP contribution < -0.4 is 0 Å². The Morgan fingerprint density at radius 1 is 0.938 bits per heavy atom. The normalized spacial score (nSPS) is 24.8. The van der Waals surface area contributed by atoms with Crippen LogP contribution in [0.25, 0.3) is 0 Å². The Hall–Kier alpha value is -1.72. The van der Waals surface area contributed by atoms with Crippen LogP contribution in [-0.4, -0.2) is 33.6 Å². The van der Waals surface area contributed by atoms with E-state index in [1.807, 2.05) is 0 Å². The summed E-state index contributed by atoms with van der Waals surface area (Å²) >= 11 is 0. The highest BCUT2D eigenvalue weighted by atomic mass is 16.4. The Morgan fingerprint density at radius 2 is 1.31 bits per heavy atom. The molecular formula is C10H14N2O4. The molecule has 1 rings (SSSR count). The lowest BCUT2D eigenvalue weighted by Gasteiger charge is -2.27. The van der Waals surface area contributed by atoms with Crippen molar-refractivity contribution in [2.24, 2.45) is 11.8 Å². The third-order valence-corrected chi connectivity index (χ3v) is 2.95. The first kappa shape index (κ1) is 12.4. The van der Waals surface area contributed by atoms with Crippen molar-refractivity contribution < 1.29 is 19.8 Å². The minimum Gasteiger partial charge on any atom is -0.477 e. The molecule has 0 aromatic heterocycles. The van der Waals surface area contributed by atoms with Crippen molar-refractivity contribution in [3.8, 4) is 0 Å². The van der Waals surface area contributed by atoms with E-state index in [1.54, 1.807) is 0 Å². The van der Waals surface area contributed by atoms with Gasteiger partial charge in [0.05, 0.1) is 0 Å². The van der Waals surface area contributed by atoms with Crippen LogP contribution in [0.2, 0.25) is 0 Å². The fraction of sp³-hybridized carbons (Fsp3) is 0.600. The van der Waals surface area contributed by atoms with Crippen molar-refractivity contribution in [1.29, 1.82) is 10.8 Å². The van der Waals surface area contributed by atoms with Crippen molar-refractivity contribution in [1.82, 2.24) is 0 Å². The van der Waals surface area contributed by atoms with Gasteiger partial charge in [0.25, 0.3) is 0 Å². The smallest absolute Gasteiger partial charge is 0.349 e. The number of aliphatic carboxylic acids is 2. The topological polar surface area (TPSA) is 122 Å². The summed E-state index contributed by atoms with van der Waals surface area (Å²) in [6.07, 6.45) is 2.14. The molecule has 88 valence electrons. The van der Waals surface area contributed by atoms with Gasteiger partial charge in [-0.05, 0) is 19.3 Å². The molecule has 0 heterocycles. The molecular weight excluding hydrogens is 212 g/mol. The number of carboxylic acids is 2. The van der Waals surface area contributed by atoms with Crippen LogP contribution in [0.1, 0.15) is 25.7 Å². The maximum atomic E-state index is 10.6. The molecule has 16 heavy (non-hydrogen) atoms. The first-order valence-electron chi connectivity index (χ1n) is 5.07. The van der Waals surface area contributed by atoms with E-state index < -0.39 is 23.8 Å². The molecule has 0 aliphatic heterocycles. The van der Waals surface area contributed by atoms with E-state index >= 15 is 0 Å². The van der Waals surface area contributed by atoms with Crippen molar-refractivity contribution >= 4 is 23.4 Å². The van der Waals surface area contributed by atoms with Crippen molar-refractivity contribution in [3.05, 3.63) is 0 Å². The summed E-state index contributed by atoms with van der Waals surface area (Å²) in [6, 6.07) is 0. The van der Waals surface area contributed by atoms with E-state index in [0.29, 0.717) is 19.3 Å². The van der Waals surface area contributed by atoms with Gasteiger partial charge in [0.2, 0.25) is 0 Å². The summed E-state index contributed by atoms with van der Waals surface area (Å²) in [5, 5.41) is 32.1. The Kier molecular flexibility index (Phi) is 3.76. The summed E-state index contributed by atoms with van der Waals surface area (Å²) in [5.41, 5.74) is -0.745. The SMILES string of the molecule is N=C(C(=O)O)C1CCCC(C(=N)C(=O)O)C1. The average molecular weight is 226 g/mol. The minimum absolute atomic E-state index is 0.288. The zero-order valence-electron chi connectivity index (χ0n) is 8.69. The van der Waals surface area contributed by atoms with E-state index in [0.717, 1.165) is 0 Å². The predicted octanol–water partition coefficient (Wildman–Crippen LogP) is 1.00. The molecule has 2 atom stereocenters. The Balaban J connectivity index is 2.67. The third-order valence-electron chi connectivity index (χ3n) is 2.95. The van der Waals surface area contributed by atoms with E-state index in [2.05, 4.69) is 0 Å². The predicted molar refractivity (Wildman–Crippen MR) is 56.2 cm³/mol. The summed E-state index contributed by atoms with van der Waals surface area (Å²) in [6.45, 7) is 0. The monoisotopic (exact) mass is 226 g/mol. The summed E-state index contributed by atoms with van der Waals surface area (Å²) in [5.74, 6) is -3.35. The highest BCUT2D eigenvalue weighted by Crippen LogP contribution is 2.30. The van der Waals surface area contributed by atoms with Gasteiger partial charge in [-0.1, -0.05) is 6.42 Å². The lowest BCUT2D eigenvalue weighted by atomic mass is 9.77. The molecule has 1 saturated carbocycles. The maximum absolute atomic E-state index is 10.6. The maximum Gasteiger partial charge on any atom is 0.349 e. The van der Waals surface area contributed by atoms with Crippen molar-refractivity contribution in [3.63, 3.8) is 0 Å². The highest BCUT2D eigenvalue weighted by Gasteiger charge is 2.32. The Labute approximate surface area is 92.3 Å². The average Bonchev–Trinajstić information content (AvgIpc) is 2.26. The molecule has 6 heteroatoms. The van der Waals surface area contributed by atoms with Gasteiger partial charge in [-0.3, -0.25) is 10.8 Å². The minimum atomic E-state index is -1.26. The summed E-state index contributed by atoms with van der Waals surface area (Å²) < 4.78 is 0. The Bertz CT molecular complexity index is 319. The van der Waals surface area contributed by atoms with Crippen LogP contribution in [0.5, 0.6) is 0 Å². The van der Waals surface area contributed by atoms with Crippen LogP contribution in [0.4, 0.5) is 0 Å². The van der Waals surface area contributed by atoms with E-state index in [1.165, 1.54) is 0 Å². The Morgan fingerprint density at radius 3 is 1.62 bits per heavy atom. The molecule has 6 nitrogen and oxygen atoms in total. The molecule has 0 bridgehead atoms. The van der Waals surface area contributed by atoms with Gasteiger partial charge in [0.1, 0.15) is 11.4 Å².